The predicted octanol–water partition coefficient (Wildman–Crippen LogP) is 4.97. The van der Waals surface area contributed by atoms with Gasteiger partial charge >= 0.3 is 5.63 Å². The molecule has 7 heteroatoms. The molecule has 196 valence electrons. The number of nitrogens with zero attached hydrogens (tertiary/aromatic N) is 2. The molecule has 3 aromatic rings. The van der Waals surface area contributed by atoms with Crippen LogP contribution in [0, 0.1) is 34.5 Å². The van der Waals surface area contributed by atoms with Crippen LogP contribution in [0.5, 0.6) is 5.75 Å². The van der Waals surface area contributed by atoms with E-state index in [0.717, 1.165) is 18.4 Å². The summed E-state index contributed by atoms with van der Waals surface area (Å²) in [5.41, 5.74) is 0.547. The maximum Gasteiger partial charge on any atom is 0.345 e. The normalized spacial score (nSPS) is 35.7. The van der Waals surface area contributed by atoms with E-state index in [0.29, 0.717) is 29.1 Å². The highest BCUT2D eigenvalue weighted by Crippen LogP contribution is 2.67. The number of rotatable bonds is 2. The first kappa shape index (κ1) is 24.8. The van der Waals surface area contributed by atoms with Crippen molar-refractivity contribution < 1.29 is 19.4 Å². The molecule has 3 aliphatic rings. The molecule has 2 N–H and O–H groups in total. The number of aliphatic hydroxyl groups is 2. The van der Waals surface area contributed by atoms with E-state index in [1.807, 2.05) is 37.3 Å². The Labute approximate surface area is 221 Å². The highest BCUT2D eigenvalue weighted by Gasteiger charge is 2.66. The molecule has 8 unspecified atom stereocenters. The molecular weight excluding hydrogens is 480 g/mol. The van der Waals surface area contributed by atoms with Gasteiger partial charge in [-0.05, 0) is 73.3 Å². The van der Waals surface area contributed by atoms with Gasteiger partial charge in [0.25, 0.3) is 0 Å². The summed E-state index contributed by atoms with van der Waals surface area (Å²) in [5, 5.41) is 32.2. The zero-order valence-electron chi connectivity index (χ0n) is 21.8. The molecule has 2 aromatic heterocycles. The monoisotopic (exact) mass is 512 g/mol. The van der Waals surface area contributed by atoms with Crippen LogP contribution in [0.3, 0.4) is 0 Å². The maximum atomic E-state index is 13.4. The summed E-state index contributed by atoms with van der Waals surface area (Å²) in [5.74, 6) is 0.242. The third-order valence-electron chi connectivity index (χ3n) is 9.86. The third kappa shape index (κ3) is 3.54. The molecule has 0 radical (unpaired) electrons. The lowest BCUT2D eigenvalue weighted by Crippen LogP contribution is -2.65. The molecule has 7 nitrogen and oxygen atoms in total. The van der Waals surface area contributed by atoms with Gasteiger partial charge in [-0.2, -0.15) is 5.26 Å². The zero-order chi connectivity index (χ0) is 26.8. The van der Waals surface area contributed by atoms with E-state index >= 15 is 0 Å². The third-order valence-corrected chi connectivity index (χ3v) is 9.86. The molecule has 2 fully saturated rings. The average molecular weight is 513 g/mol. The fraction of sp³-hybridized carbons (Fsp3) is 0.452. The van der Waals surface area contributed by atoms with Gasteiger partial charge in [0.1, 0.15) is 22.7 Å². The van der Waals surface area contributed by atoms with Gasteiger partial charge in [-0.15, -0.1) is 0 Å². The maximum absolute atomic E-state index is 13.4. The van der Waals surface area contributed by atoms with Gasteiger partial charge < -0.3 is 19.4 Å². The second-order valence-corrected chi connectivity index (χ2v) is 11.7. The summed E-state index contributed by atoms with van der Waals surface area (Å²) in [4.78, 5) is 17.5. The number of hydrogen-bond donors (Lipinski definition) is 2. The SMILES string of the molecule is CC1C(O)CCC2(C)C1CC(c1ccc(C#N)cc1)C1(C)Oc3cc(-c4cccnc4)oc(=O)c3C(O)C21. The summed E-state index contributed by atoms with van der Waals surface area (Å²) in [7, 11) is 0. The van der Waals surface area contributed by atoms with Gasteiger partial charge in [0.15, 0.2) is 0 Å². The van der Waals surface area contributed by atoms with Gasteiger partial charge in [0, 0.05) is 35.9 Å². The van der Waals surface area contributed by atoms with Crippen molar-refractivity contribution in [1.29, 1.82) is 5.26 Å². The van der Waals surface area contributed by atoms with E-state index in [1.54, 1.807) is 24.5 Å². The number of pyridine rings is 1. The number of nitriles is 1. The van der Waals surface area contributed by atoms with E-state index in [-0.39, 0.29) is 28.7 Å². The quantitative estimate of drug-likeness (QED) is 0.498. The van der Waals surface area contributed by atoms with Crippen LogP contribution in [-0.2, 0) is 0 Å². The Morgan fingerprint density at radius 3 is 2.61 bits per heavy atom. The molecular formula is C31H32N2O5. The van der Waals surface area contributed by atoms with Crippen LogP contribution >= 0.6 is 0 Å². The first-order valence-corrected chi connectivity index (χ1v) is 13.3. The molecule has 0 spiro atoms. The van der Waals surface area contributed by atoms with Crippen LogP contribution in [0.15, 0.2) is 64.1 Å². The molecule has 3 heterocycles. The van der Waals surface area contributed by atoms with Crippen LogP contribution < -0.4 is 10.4 Å². The average Bonchev–Trinajstić information content (AvgIpc) is 2.91. The topological polar surface area (TPSA) is 117 Å². The highest BCUT2D eigenvalue weighted by atomic mass is 16.5. The Hall–Kier alpha value is -3.47. The second kappa shape index (κ2) is 8.79. The summed E-state index contributed by atoms with van der Waals surface area (Å²) >= 11 is 0. The van der Waals surface area contributed by atoms with Crippen molar-refractivity contribution in [2.75, 3.05) is 0 Å². The molecule has 38 heavy (non-hydrogen) atoms. The number of fused-ring (bicyclic) bond motifs is 4. The molecule has 1 aliphatic heterocycles. The Kier molecular flexibility index (Phi) is 5.75. The van der Waals surface area contributed by atoms with Gasteiger partial charge in [0.05, 0.1) is 23.8 Å². The molecule has 0 amide bonds. The van der Waals surface area contributed by atoms with Gasteiger partial charge in [-0.25, -0.2) is 4.79 Å². The number of aromatic nitrogens is 1. The largest absolute Gasteiger partial charge is 0.486 e. The van der Waals surface area contributed by atoms with Crippen molar-refractivity contribution in [2.45, 2.75) is 63.8 Å². The summed E-state index contributed by atoms with van der Waals surface area (Å²) in [6.45, 7) is 6.31. The van der Waals surface area contributed by atoms with Crippen LogP contribution in [-0.4, -0.2) is 26.9 Å². The van der Waals surface area contributed by atoms with Gasteiger partial charge in [0.2, 0.25) is 0 Å². The van der Waals surface area contributed by atoms with Crippen molar-refractivity contribution in [1.82, 2.24) is 4.98 Å². The predicted molar refractivity (Wildman–Crippen MR) is 140 cm³/mol. The standard InChI is InChI=1S/C31H32N2O5/c1-17-21-13-22(19-8-6-18(15-32)7-9-19)31(3)28(30(21,2)11-10-23(17)34)27(35)26-25(38-31)14-24(37-29(26)36)20-5-4-12-33-16-20/h4-9,12,14,16-17,21-23,27-28,34-35H,10-11,13H2,1-3H3. The number of aliphatic hydroxyl groups excluding tert-OH is 2. The Morgan fingerprint density at radius 1 is 1.16 bits per heavy atom. The van der Waals surface area contributed by atoms with Crippen molar-refractivity contribution in [3.05, 3.63) is 82.0 Å². The first-order valence-electron chi connectivity index (χ1n) is 13.3. The molecule has 0 bridgehead atoms. The van der Waals surface area contributed by atoms with Crippen molar-refractivity contribution in [3.63, 3.8) is 0 Å². The van der Waals surface area contributed by atoms with Crippen LogP contribution in [0.25, 0.3) is 11.3 Å². The zero-order valence-corrected chi connectivity index (χ0v) is 21.8. The Bertz CT molecular complexity index is 1460. The van der Waals surface area contributed by atoms with Crippen LogP contribution in [0.2, 0.25) is 0 Å². The van der Waals surface area contributed by atoms with Gasteiger partial charge in [-0.1, -0.05) is 26.0 Å². The lowest BCUT2D eigenvalue weighted by Gasteiger charge is -2.64. The molecule has 2 aliphatic carbocycles. The smallest absolute Gasteiger partial charge is 0.345 e. The summed E-state index contributed by atoms with van der Waals surface area (Å²) < 4.78 is 12.6. The molecule has 6 rings (SSSR count). The Morgan fingerprint density at radius 2 is 1.92 bits per heavy atom. The van der Waals surface area contributed by atoms with E-state index < -0.39 is 29.4 Å². The van der Waals surface area contributed by atoms with Crippen molar-refractivity contribution in [2.24, 2.45) is 23.2 Å². The lowest BCUT2D eigenvalue weighted by molar-refractivity contribution is -0.211. The molecule has 1 aromatic carbocycles. The minimum absolute atomic E-state index is 0.0251. The number of hydrogen-bond acceptors (Lipinski definition) is 7. The second-order valence-electron chi connectivity index (χ2n) is 11.7. The number of ether oxygens (including phenoxy) is 1. The van der Waals surface area contributed by atoms with Crippen molar-refractivity contribution in [3.8, 4) is 23.1 Å². The highest BCUT2D eigenvalue weighted by molar-refractivity contribution is 5.59. The van der Waals surface area contributed by atoms with Crippen LogP contribution in [0.1, 0.15) is 68.7 Å². The summed E-state index contributed by atoms with van der Waals surface area (Å²) in [6, 6.07) is 15.0. The van der Waals surface area contributed by atoms with Gasteiger partial charge in [-0.3, -0.25) is 4.98 Å². The minimum atomic E-state index is -1.10. The van der Waals surface area contributed by atoms with E-state index in [2.05, 4.69) is 24.9 Å². The Balaban J connectivity index is 1.54. The first-order chi connectivity index (χ1) is 18.2. The molecule has 2 saturated carbocycles. The fourth-order valence-corrected chi connectivity index (χ4v) is 7.96. The van der Waals surface area contributed by atoms with E-state index in [9.17, 15) is 20.3 Å². The van der Waals surface area contributed by atoms with Crippen LogP contribution in [0.4, 0.5) is 0 Å². The minimum Gasteiger partial charge on any atom is -0.486 e. The fourth-order valence-electron chi connectivity index (χ4n) is 7.96. The van der Waals surface area contributed by atoms with Crippen molar-refractivity contribution >= 4 is 0 Å². The van der Waals surface area contributed by atoms with E-state index in [4.69, 9.17) is 9.15 Å². The van der Waals surface area contributed by atoms with E-state index in [1.165, 1.54) is 0 Å². The molecule has 8 atom stereocenters. The molecule has 0 saturated heterocycles. The summed E-state index contributed by atoms with van der Waals surface area (Å²) in [6.07, 6.45) is 3.87. The number of benzene rings is 1. The lowest BCUT2D eigenvalue weighted by atomic mass is 9.44.